The van der Waals surface area contributed by atoms with E-state index in [0.29, 0.717) is 6.42 Å². The van der Waals surface area contributed by atoms with Crippen molar-refractivity contribution >= 4 is 5.97 Å². The van der Waals surface area contributed by atoms with Crippen molar-refractivity contribution in [3.8, 4) is 0 Å². The van der Waals surface area contributed by atoms with Crippen LogP contribution >= 0.6 is 0 Å². The molecule has 3 nitrogen and oxygen atoms in total. The van der Waals surface area contributed by atoms with Crippen LogP contribution in [0.2, 0.25) is 0 Å². The van der Waals surface area contributed by atoms with Gasteiger partial charge in [0.05, 0.1) is 0 Å². The van der Waals surface area contributed by atoms with Crippen molar-refractivity contribution < 1.29 is 9.90 Å². The molecule has 0 heterocycles. The van der Waals surface area contributed by atoms with Gasteiger partial charge in [0.2, 0.25) is 0 Å². The number of rotatable bonds is 8. The second-order valence-electron chi connectivity index (χ2n) is 5.84. The monoisotopic (exact) mass is 239 g/mol. The molecule has 3 unspecified atom stereocenters. The molecule has 0 aromatic heterocycles. The average molecular weight is 239 g/mol. The van der Waals surface area contributed by atoms with Gasteiger partial charge in [0, 0.05) is 6.42 Å². The maximum Gasteiger partial charge on any atom is 0.303 e. The summed E-state index contributed by atoms with van der Waals surface area (Å²) in [5.41, 5.74) is 0. The molecule has 0 saturated heterocycles. The zero-order valence-corrected chi connectivity index (χ0v) is 10.7. The summed E-state index contributed by atoms with van der Waals surface area (Å²) >= 11 is 0. The number of hydrogen-bond acceptors (Lipinski definition) is 2. The van der Waals surface area contributed by atoms with Crippen LogP contribution in [-0.4, -0.2) is 24.2 Å². The van der Waals surface area contributed by atoms with Crippen molar-refractivity contribution in [3.05, 3.63) is 0 Å². The summed E-state index contributed by atoms with van der Waals surface area (Å²) in [4.78, 5) is 10.3. The second-order valence-corrected chi connectivity index (χ2v) is 5.84. The van der Waals surface area contributed by atoms with E-state index in [1.807, 2.05) is 0 Å². The average Bonchev–Trinajstić information content (AvgIpc) is 2.89. The van der Waals surface area contributed by atoms with E-state index in [1.165, 1.54) is 32.2 Å². The lowest BCUT2D eigenvalue weighted by Gasteiger charge is -2.21. The van der Waals surface area contributed by atoms with E-state index < -0.39 is 5.97 Å². The zero-order valence-electron chi connectivity index (χ0n) is 10.7. The Morgan fingerprint density at radius 1 is 1.18 bits per heavy atom. The van der Waals surface area contributed by atoms with E-state index in [-0.39, 0.29) is 0 Å². The molecular weight excluding hydrogens is 214 g/mol. The molecule has 0 aromatic carbocycles. The largest absolute Gasteiger partial charge is 0.481 e. The van der Waals surface area contributed by atoms with Gasteiger partial charge in [0.25, 0.3) is 0 Å². The van der Waals surface area contributed by atoms with Crippen LogP contribution in [0.15, 0.2) is 0 Å². The van der Waals surface area contributed by atoms with E-state index in [2.05, 4.69) is 5.32 Å². The molecule has 17 heavy (non-hydrogen) atoms. The lowest BCUT2D eigenvalue weighted by Crippen LogP contribution is -2.27. The number of carboxylic acid groups (broad SMARTS) is 1. The summed E-state index contributed by atoms with van der Waals surface area (Å²) in [5.74, 6) is 2.33. The molecule has 2 aliphatic carbocycles. The van der Waals surface area contributed by atoms with Gasteiger partial charge in [-0.25, -0.2) is 0 Å². The smallest absolute Gasteiger partial charge is 0.303 e. The van der Waals surface area contributed by atoms with Gasteiger partial charge in [-0.1, -0.05) is 12.8 Å². The summed E-state index contributed by atoms with van der Waals surface area (Å²) in [5, 5.41) is 12.1. The molecule has 2 saturated carbocycles. The quantitative estimate of drug-likeness (QED) is 0.640. The normalized spacial score (nSPS) is 30.9. The minimum Gasteiger partial charge on any atom is -0.481 e. The molecule has 2 fully saturated rings. The van der Waals surface area contributed by atoms with Crippen LogP contribution in [0.4, 0.5) is 0 Å². The van der Waals surface area contributed by atoms with Crippen molar-refractivity contribution in [1.82, 2.24) is 5.32 Å². The fourth-order valence-electron chi connectivity index (χ4n) is 3.62. The summed E-state index contributed by atoms with van der Waals surface area (Å²) < 4.78 is 0. The Bertz CT molecular complexity index is 255. The van der Waals surface area contributed by atoms with E-state index in [1.54, 1.807) is 0 Å². The molecule has 2 N–H and O–H groups in total. The number of aliphatic carboxylic acids is 1. The highest BCUT2D eigenvalue weighted by Gasteiger charge is 2.38. The molecule has 3 heteroatoms. The fraction of sp³-hybridized carbons (Fsp3) is 0.929. The number of carboxylic acids is 1. The molecular formula is C14H25NO2. The Morgan fingerprint density at radius 2 is 2.06 bits per heavy atom. The Morgan fingerprint density at radius 3 is 2.71 bits per heavy atom. The molecule has 2 rings (SSSR count). The Labute approximate surface area is 104 Å². The minimum atomic E-state index is -0.667. The van der Waals surface area contributed by atoms with Gasteiger partial charge >= 0.3 is 5.97 Å². The highest BCUT2D eigenvalue weighted by molar-refractivity contribution is 5.66. The van der Waals surface area contributed by atoms with Crippen LogP contribution in [0.3, 0.4) is 0 Å². The van der Waals surface area contributed by atoms with Crippen LogP contribution in [0.5, 0.6) is 0 Å². The number of unbranched alkanes of at least 4 members (excludes halogenated alkanes) is 2. The second kappa shape index (κ2) is 6.39. The van der Waals surface area contributed by atoms with Crippen LogP contribution in [-0.2, 0) is 4.79 Å². The van der Waals surface area contributed by atoms with Crippen LogP contribution in [0.1, 0.15) is 51.4 Å². The molecule has 0 aliphatic heterocycles. The topological polar surface area (TPSA) is 49.3 Å². The highest BCUT2D eigenvalue weighted by atomic mass is 16.4. The molecule has 2 bridgehead atoms. The lowest BCUT2D eigenvalue weighted by atomic mass is 9.89. The van der Waals surface area contributed by atoms with Crippen molar-refractivity contribution in [2.75, 3.05) is 13.1 Å². The number of nitrogens with one attached hydrogen (secondary N) is 1. The fourth-order valence-corrected chi connectivity index (χ4v) is 3.62. The predicted octanol–water partition coefficient (Wildman–Crippen LogP) is 2.66. The summed E-state index contributed by atoms with van der Waals surface area (Å²) in [6, 6.07) is 0. The Hall–Kier alpha value is -0.570. The van der Waals surface area contributed by atoms with Crippen molar-refractivity contribution in [2.24, 2.45) is 17.8 Å². The van der Waals surface area contributed by atoms with Gasteiger partial charge in [0.1, 0.15) is 0 Å². The van der Waals surface area contributed by atoms with E-state index in [4.69, 9.17) is 5.11 Å². The molecule has 0 aromatic rings. The standard InChI is InChI=1S/C14H25NO2/c16-14(17)4-2-1-3-7-15-10-13-9-11-5-6-12(13)8-11/h11-13,15H,1-10H2,(H,16,17). The first-order valence-corrected chi connectivity index (χ1v) is 7.18. The van der Waals surface area contributed by atoms with E-state index in [9.17, 15) is 4.79 Å². The predicted molar refractivity (Wildman–Crippen MR) is 67.9 cm³/mol. The molecule has 0 radical (unpaired) electrons. The third-order valence-electron chi connectivity index (χ3n) is 4.54. The Kier molecular flexibility index (Phi) is 4.84. The van der Waals surface area contributed by atoms with Gasteiger partial charge in [-0.3, -0.25) is 4.79 Å². The Balaban J connectivity index is 1.43. The molecule has 0 amide bonds. The van der Waals surface area contributed by atoms with E-state index >= 15 is 0 Å². The third-order valence-corrected chi connectivity index (χ3v) is 4.54. The van der Waals surface area contributed by atoms with Gasteiger partial charge in [-0.05, 0) is 62.9 Å². The summed E-state index contributed by atoms with van der Waals surface area (Å²) in [6.45, 7) is 2.26. The van der Waals surface area contributed by atoms with Crippen molar-refractivity contribution in [3.63, 3.8) is 0 Å². The van der Waals surface area contributed by atoms with Gasteiger partial charge < -0.3 is 10.4 Å². The van der Waals surface area contributed by atoms with Gasteiger partial charge in [0.15, 0.2) is 0 Å². The highest BCUT2D eigenvalue weighted by Crippen LogP contribution is 2.47. The van der Waals surface area contributed by atoms with Crippen molar-refractivity contribution in [2.45, 2.75) is 51.4 Å². The van der Waals surface area contributed by atoms with Crippen LogP contribution in [0.25, 0.3) is 0 Å². The van der Waals surface area contributed by atoms with E-state index in [0.717, 1.165) is 43.6 Å². The minimum absolute atomic E-state index is 0.326. The maximum absolute atomic E-state index is 10.3. The third kappa shape index (κ3) is 3.98. The number of hydrogen-bond donors (Lipinski definition) is 2. The first-order chi connectivity index (χ1) is 8.25. The first-order valence-electron chi connectivity index (χ1n) is 7.18. The maximum atomic E-state index is 10.3. The summed E-state index contributed by atoms with van der Waals surface area (Å²) in [7, 11) is 0. The van der Waals surface area contributed by atoms with Crippen molar-refractivity contribution in [1.29, 1.82) is 0 Å². The SMILES string of the molecule is O=C(O)CCCCCNCC1CC2CCC1C2. The molecule has 2 aliphatic rings. The van der Waals surface area contributed by atoms with Gasteiger partial charge in [-0.15, -0.1) is 0 Å². The molecule has 0 spiro atoms. The molecule has 98 valence electrons. The number of fused-ring (bicyclic) bond motifs is 2. The first kappa shape index (κ1) is 12.9. The van der Waals surface area contributed by atoms with Crippen LogP contribution < -0.4 is 5.32 Å². The number of carbonyl (C=O) groups is 1. The molecule has 3 atom stereocenters. The summed E-state index contributed by atoms with van der Waals surface area (Å²) in [6.07, 6.45) is 9.20. The lowest BCUT2D eigenvalue weighted by molar-refractivity contribution is -0.137. The van der Waals surface area contributed by atoms with Gasteiger partial charge in [-0.2, -0.15) is 0 Å². The zero-order chi connectivity index (χ0) is 12.1. The van der Waals surface area contributed by atoms with Crippen LogP contribution in [0, 0.1) is 17.8 Å².